The van der Waals surface area contributed by atoms with Crippen LogP contribution in [0.2, 0.25) is 0 Å². The third kappa shape index (κ3) is 5.41. The Labute approximate surface area is 139 Å². The highest BCUT2D eigenvalue weighted by Crippen LogP contribution is 2.21. The molecule has 2 aromatic carbocycles. The Hall–Kier alpha value is -2.34. The lowest BCUT2D eigenvalue weighted by atomic mass is 10.2. The van der Waals surface area contributed by atoms with E-state index in [1.807, 2.05) is 0 Å². The van der Waals surface area contributed by atoms with E-state index in [1.54, 1.807) is 11.8 Å². The fourth-order valence-corrected chi connectivity index (χ4v) is 2.72. The van der Waals surface area contributed by atoms with Gasteiger partial charge in [0.2, 0.25) is 0 Å². The van der Waals surface area contributed by atoms with Crippen molar-refractivity contribution in [3.05, 3.63) is 69.3 Å². The lowest BCUT2D eigenvalue weighted by molar-refractivity contribution is -0.384. The molecule has 0 bridgehead atoms. The number of aromatic hydroxyl groups is 1. The van der Waals surface area contributed by atoms with Crippen molar-refractivity contribution in [2.75, 3.05) is 12.3 Å². The van der Waals surface area contributed by atoms with Crippen molar-refractivity contribution in [1.29, 1.82) is 0 Å². The van der Waals surface area contributed by atoms with Gasteiger partial charge in [0, 0.05) is 42.0 Å². The number of phenolic OH excluding ortho intramolecular Hbond substituents is 1. The molecule has 6 heteroatoms. The summed E-state index contributed by atoms with van der Waals surface area (Å²) in [7, 11) is 0. The van der Waals surface area contributed by atoms with Gasteiger partial charge in [-0.15, -0.1) is 0 Å². The Morgan fingerprint density at radius 3 is 2.70 bits per heavy atom. The van der Waals surface area contributed by atoms with Crippen LogP contribution in [-0.2, 0) is 5.75 Å². The molecule has 0 amide bonds. The largest absolute Gasteiger partial charge is 0.507 e. The van der Waals surface area contributed by atoms with Gasteiger partial charge in [-0.05, 0) is 18.6 Å². The molecule has 2 aromatic rings. The molecule has 0 atom stereocenters. The van der Waals surface area contributed by atoms with E-state index in [4.69, 9.17) is 0 Å². The number of benzene rings is 2. The van der Waals surface area contributed by atoms with Gasteiger partial charge in [-0.1, -0.05) is 29.8 Å². The molecule has 0 aliphatic heterocycles. The fraction of sp³-hybridized carbons (Fsp3) is 0.235. The van der Waals surface area contributed by atoms with Crippen LogP contribution in [0.3, 0.4) is 0 Å². The first-order valence-electron chi connectivity index (χ1n) is 7.17. The summed E-state index contributed by atoms with van der Waals surface area (Å²) in [4.78, 5) is 14.4. The van der Waals surface area contributed by atoms with Gasteiger partial charge in [-0.3, -0.25) is 15.1 Å². The molecule has 0 saturated carbocycles. The Bertz CT molecular complexity index is 699. The van der Waals surface area contributed by atoms with Gasteiger partial charge in [0.15, 0.2) is 0 Å². The minimum atomic E-state index is -0.492. The number of aryl methyl sites for hydroxylation is 1. The SMILES string of the molecule is Cc1ccc(CSCCN=Cc2cc([N+](=O)[O-])ccc2O)cc1. The molecular weight excluding hydrogens is 312 g/mol. The van der Waals surface area contributed by atoms with Gasteiger partial charge < -0.3 is 5.11 Å². The Kier molecular flexibility index (Phi) is 6.17. The molecular formula is C17H18N2O3S. The Balaban J connectivity index is 1.79. The normalized spacial score (nSPS) is 11.0. The minimum Gasteiger partial charge on any atom is -0.507 e. The number of phenols is 1. The number of aliphatic imine (C=N–C) groups is 1. The second kappa shape index (κ2) is 8.33. The van der Waals surface area contributed by atoms with Crippen molar-refractivity contribution in [3.8, 4) is 5.75 Å². The number of rotatable bonds is 7. The molecule has 120 valence electrons. The van der Waals surface area contributed by atoms with Gasteiger partial charge in [0.1, 0.15) is 5.75 Å². The molecule has 0 unspecified atom stereocenters. The molecule has 0 aliphatic carbocycles. The van der Waals surface area contributed by atoms with E-state index in [1.165, 1.54) is 35.5 Å². The predicted molar refractivity (Wildman–Crippen MR) is 94.6 cm³/mol. The van der Waals surface area contributed by atoms with Crippen LogP contribution in [0, 0.1) is 17.0 Å². The average Bonchev–Trinajstić information content (AvgIpc) is 2.53. The number of non-ortho nitro benzene ring substituents is 1. The highest BCUT2D eigenvalue weighted by Gasteiger charge is 2.08. The second-order valence-electron chi connectivity index (χ2n) is 5.07. The number of nitro groups is 1. The zero-order chi connectivity index (χ0) is 16.7. The van der Waals surface area contributed by atoms with Crippen LogP contribution in [0.5, 0.6) is 5.75 Å². The summed E-state index contributed by atoms with van der Waals surface area (Å²) in [6.07, 6.45) is 1.48. The molecule has 1 N–H and O–H groups in total. The molecule has 5 nitrogen and oxygen atoms in total. The van der Waals surface area contributed by atoms with Crippen LogP contribution < -0.4 is 0 Å². The quantitative estimate of drug-likeness (QED) is 0.361. The Morgan fingerprint density at radius 1 is 1.26 bits per heavy atom. The van der Waals surface area contributed by atoms with E-state index in [9.17, 15) is 15.2 Å². The van der Waals surface area contributed by atoms with Gasteiger partial charge in [0.25, 0.3) is 5.69 Å². The molecule has 0 radical (unpaired) electrons. The molecule has 0 aliphatic rings. The number of hydrogen-bond acceptors (Lipinski definition) is 5. The van der Waals surface area contributed by atoms with E-state index in [2.05, 4.69) is 36.2 Å². The zero-order valence-electron chi connectivity index (χ0n) is 12.8. The number of thioether (sulfide) groups is 1. The van der Waals surface area contributed by atoms with Crippen LogP contribution in [0.15, 0.2) is 47.5 Å². The third-order valence-corrected chi connectivity index (χ3v) is 4.22. The highest BCUT2D eigenvalue weighted by molar-refractivity contribution is 7.98. The van der Waals surface area contributed by atoms with Crippen molar-refractivity contribution in [3.63, 3.8) is 0 Å². The summed E-state index contributed by atoms with van der Waals surface area (Å²) < 4.78 is 0. The van der Waals surface area contributed by atoms with E-state index < -0.39 is 4.92 Å². The van der Waals surface area contributed by atoms with Gasteiger partial charge in [-0.2, -0.15) is 11.8 Å². The van der Waals surface area contributed by atoms with Crippen molar-refractivity contribution in [1.82, 2.24) is 0 Å². The average molecular weight is 330 g/mol. The molecule has 0 fully saturated rings. The highest BCUT2D eigenvalue weighted by atomic mass is 32.2. The van der Waals surface area contributed by atoms with Crippen molar-refractivity contribution in [2.45, 2.75) is 12.7 Å². The molecule has 0 aromatic heterocycles. The lowest BCUT2D eigenvalue weighted by Crippen LogP contribution is -1.92. The van der Waals surface area contributed by atoms with Crippen molar-refractivity contribution < 1.29 is 10.0 Å². The summed E-state index contributed by atoms with van der Waals surface area (Å²) in [6.45, 7) is 2.66. The summed E-state index contributed by atoms with van der Waals surface area (Å²) >= 11 is 1.78. The zero-order valence-corrected chi connectivity index (χ0v) is 13.6. The van der Waals surface area contributed by atoms with Gasteiger partial charge >= 0.3 is 0 Å². The number of nitrogens with zero attached hydrogens (tertiary/aromatic N) is 2. The van der Waals surface area contributed by atoms with Crippen LogP contribution in [0.25, 0.3) is 0 Å². The number of nitro benzene ring substituents is 1. The van der Waals surface area contributed by atoms with Gasteiger partial charge in [0.05, 0.1) is 4.92 Å². The minimum absolute atomic E-state index is 0.00772. The predicted octanol–water partition coefficient (Wildman–Crippen LogP) is 3.96. The smallest absolute Gasteiger partial charge is 0.270 e. The fourth-order valence-electron chi connectivity index (χ4n) is 1.91. The summed E-state index contributed by atoms with van der Waals surface area (Å²) in [5.41, 5.74) is 2.83. The van der Waals surface area contributed by atoms with E-state index in [0.717, 1.165) is 11.5 Å². The molecule has 0 saturated heterocycles. The standard InChI is InChI=1S/C17H18N2O3S/c1-13-2-4-14(5-3-13)12-23-9-8-18-11-15-10-16(19(21)22)6-7-17(15)20/h2-7,10-11,20H,8-9,12H2,1H3. The maximum Gasteiger partial charge on any atom is 0.270 e. The van der Waals surface area contributed by atoms with Crippen molar-refractivity contribution >= 4 is 23.7 Å². The second-order valence-corrected chi connectivity index (χ2v) is 6.18. The van der Waals surface area contributed by atoms with Crippen LogP contribution >= 0.6 is 11.8 Å². The maximum atomic E-state index is 10.7. The topological polar surface area (TPSA) is 75.7 Å². The summed E-state index contributed by atoms with van der Waals surface area (Å²) in [5.74, 6) is 1.77. The summed E-state index contributed by atoms with van der Waals surface area (Å²) in [5, 5.41) is 20.4. The molecule has 2 rings (SSSR count). The third-order valence-electron chi connectivity index (χ3n) is 3.21. The van der Waals surface area contributed by atoms with E-state index >= 15 is 0 Å². The maximum absolute atomic E-state index is 10.7. The first-order chi connectivity index (χ1) is 11.1. The van der Waals surface area contributed by atoms with E-state index in [0.29, 0.717) is 12.1 Å². The summed E-state index contributed by atoms with van der Waals surface area (Å²) in [6, 6.07) is 12.3. The van der Waals surface area contributed by atoms with Gasteiger partial charge in [-0.25, -0.2) is 0 Å². The van der Waals surface area contributed by atoms with E-state index in [-0.39, 0.29) is 11.4 Å². The number of hydrogen-bond donors (Lipinski definition) is 1. The first kappa shape index (κ1) is 17.0. The van der Waals surface area contributed by atoms with Crippen molar-refractivity contribution in [2.24, 2.45) is 4.99 Å². The Morgan fingerprint density at radius 2 is 2.00 bits per heavy atom. The lowest BCUT2D eigenvalue weighted by Gasteiger charge is -2.01. The van der Waals surface area contributed by atoms with Crippen LogP contribution in [0.1, 0.15) is 16.7 Å². The van der Waals surface area contributed by atoms with Crippen LogP contribution in [-0.4, -0.2) is 28.5 Å². The monoisotopic (exact) mass is 330 g/mol. The first-order valence-corrected chi connectivity index (χ1v) is 8.32. The molecule has 0 spiro atoms. The molecule has 0 heterocycles. The van der Waals surface area contributed by atoms with Crippen LogP contribution in [0.4, 0.5) is 5.69 Å². The molecule has 23 heavy (non-hydrogen) atoms.